The SMILES string of the molecule is CNC1CCC(C(=O)O)OC1. The first-order valence-corrected chi connectivity index (χ1v) is 3.75. The summed E-state index contributed by atoms with van der Waals surface area (Å²) in [6.45, 7) is 0.507. The van der Waals surface area contributed by atoms with Gasteiger partial charge in [-0.1, -0.05) is 0 Å². The standard InChI is InChI=1S/C7H13NO3/c1-8-5-2-3-6(7(9)10)11-4-5/h5-6,8H,2-4H2,1H3,(H,9,10). The van der Waals surface area contributed by atoms with Crippen LogP contribution in [0, 0.1) is 0 Å². The molecule has 1 fully saturated rings. The summed E-state index contributed by atoms with van der Waals surface area (Å²) >= 11 is 0. The first-order chi connectivity index (χ1) is 5.24. The van der Waals surface area contributed by atoms with Crippen LogP contribution in [-0.4, -0.2) is 36.9 Å². The summed E-state index contributed by atoms with van der Waals surface area (Å²) in [7, 11) is 1.86. The second-order valence-electron chi connectivity index (χ2n) is 2.72. The van der Waals surface area contributed by atoms with Crippen molar-refractivity contribution in [3.05, 3.63) is 0 Å². The third-order valence-electron chi connectivity index (χ3n) is 1.96. The summed E-state index contributed by atoms with van der Waals surface area (Å²) in [5.41, 5.74) is 0. The van der Waals surface area contributed by atoms with E-state index in [0.717, 1.165) is 6.42 Å². The zero-order valence-corrected chi connectivity index (χ0v) is 6.54. The Kier molecular flexibility index (Phi) is 2.84. The average Bonchev–Trinajstić information content (AvgIpc) is 2.05. The van der Waals surface area contributed by atoms with Gasteiger partial charge in [0.05, 0.1) is 6.61 Å². The van der Waals surface area contributed by atoms with Crippen molar-refractivity contribution in [2.75, 3.05) is 13.7 Å². The van der Waals surface area contributed by atoms with E-state index in [0.29, 0.717) is 19.1 Å². The van der Waals surface area contributed by atoms with Gasteiger partial charge < -0.3 is 15.2 Å². The molecule has 0 saturated carbocycles. The monoisotopic (exact) mass is 159 g/mol. The molecule has 4 nitrogen and oxygen atoms in total. The maximum Gasteiger partial charge on any atom is 0.332 e. The third-order valence-corrected chi connectivity index (χ3v) is 1.96. The van der Waals surface area contributed by atoms with Crippen LogP contribution in [0.3, 0.4) is 0 Å². The summed E-state index contributed by atoms with van der Waals surface area (Å²) in [6, 6.07) is 0.325. The van der Waals surface area contributed by atoms with Gasteiger partial charge in [0.1, 0.15) is 0 Å². The molecule has 0 bridgehead atoms. The zero-order chi connectivity index (χ0) is 8.27. The molecule has 11 heavy (non-hydrogen) atoms. The highest BCUT2D eigenvalue weighted by Gasteiger charge is 2.25. The number of hydrogen-bond donors (Lipinski definition) is 2. The van der Waals surface area contributed by atoms with E-state index in [1.165, 1.54) is 0 Å². The van der Waals surface area contributed by atoms with E-state index in [9.17, 15) is 4.79 Å². The van der Waals surface area contributed by atoms with Crippen LogP contribution in [0.4, 0.5) is 0 Å². The van der Waals surface area contributed by atoms with Crippen LogP contribution in [0.5, 0.6) is 0 Å². The number of rotatable bonds is 2. The number of aliphatic carboxylic acids is 1. The van der Waals surface area contributed by atoms with Gasteiger partial charge in [-0.05, 0) is 19.9 Å². The smallest absolute Gasteiger partial charge is 0.332 e. The molecule has 1 saturated heterocycles. The van der Waals surface area contributed by atoms with Crippen molar-refractivity contribution >= 4 is 5.97 Å². The largest absolute Gasteiger partial charge is 0.479 e. The molecule has 64 valence electrons. The fraction of sp³-hybridized carbons (Fsp3) is 0.857. The first kappa shape index (κ1) is 8.49. The number of carboxylic acid groups (broad SMARTS) is 1. The van der Waals surface area contributed by atoms with Crippen LogP contribution in [0.25, 0.3) is 0 Å². The Hall–Kier alpha value is -0.610. The van der Waals surface area contributed by atoms with Crippen molar-refractivity contribution in [3.63, 3.8) is 0 Å². The molecule has 2 N–H and O–H groups in total. The summed E-state index contributed by atoms with van der Waals surface area (Å²) in [6.07, 6.45) is 0.911. The summed E-state index contributed by atoms with van der Waals surface area (Å²) in [5, 5.41) is 11.6. The van der Waals surface area contributed by atoms with Gasteiger partial charge in [0.25, 0.3) is 0 Å². The Labute approximate surface area is 65.5 Å². The quantitative estimate of drug-likeness (QED) is 0.587. The van der Waals surface area contributed by atoms with Crippen LogP contribution in [0.15, 0.2) is 0 Å². The lowest BCUT2D eigenvalue weighted by Gasteiger charge is -2.25. The number of nitrogens with one attached hydrogen (secondary N) is 1. The normalized spacial score (nSPS) is 31.7. The molecule has 1 aliphatic heterocycles. The van der Waals surface area contributed by atoms with E-state index < -0.39 is 12.1 Å². The number of ether oxygens (including phenoxy) is 1. The highest BCUT2D eigenvalue weighted by molar-refractivity contribution is 5.72. The van der Waals surface area contributed by atoms with Gasteiger partial charge in [0.15, 0.2) is 6.10 Å². The van der Waals surface area contributed by atoms with Crippen LogP contribution >= 0.6 is 0 Å². The molecule has 1 rings (SSSR count). The molecule has 0 spiro atoms. The molecule has 0 amide bonds. The van der Waals surface area contributed by atoms with Crippen molar-refractivity contribution in [2.45, 2.75) is 25.0 Å². The van der Waals surface area contributed by atoms with Gasteiger partial charge in [-0.25, -0.2) is 4.79 Å². The highest BCUT2D eigenvalue weighted by atomic mass is 16.5. The van der Waals surface area contributed by atoms with Crippen molar-refractivity contribution < 1.29 is 14.6 Å². The topological polar surface area (TPSA) is 58.6 Å². The van der Waals surface area contributed by atoms with Gasteiger partial charge >= 0.3 is 5.97 Å². The number of likely N-dealkylation sites (N-methyl/N-ethyl adjacent to an activating group) is 1. The molecule has 0 aliphatic carbocycles. The minimum atomic E-state index is -0.848. The summed E-state index contributed by atoms with van der Waals surface area (Å²) in [4.78, 5) is 10.4. The Morgan fingerprint density at radius 3 is 2.73 bits per heavy atom. The maximum absolute atomic E-state index is 10.4. The molecule has 4 heteroatoms. The molecule has 0 radical (unpaired) electrons. The highest BCUT2D eigenvalue weighted by Crippen LogP contribution is 2.12. The van der Waals surface area contributed by atoms with Gasteiger partial charge in [-0.3, -0.25) is 0 Å². The van der Waals surface area contributed by atoms with E-state index >= 15 is 0 Å². The molecule has 0 aromatic rings. The van der Waals surface area contributed by atoms with E-state index in [4.69, 9.17) is 9.84 Å². The molecule has 2 atom stereocenters. The molecule has 1 aliphatic rings. The third kappa shape index (κ3) is 2.17. The first-order valence-electron chi connectivity index (χ1n) is 3.75. The Bertz CT molecular complexity index is 141. The van der Waals surface area contributed by atoms with Gasteiger partial charge in [0, 0.05) is 6.04 Å². The molecule has 2 unspecified atom stereocenters. The molecular weight excluding hydrogens is 146 g/mol. The van der Waals surface area contributed by atoms with Gasteiger partial charge in [-0.15, -0.1) is 0 Å². The molecule has 0 aromatic heterocycles. The second kappa shape index (κ2) is 3.69. The lowest BCUT2D eigenvalue weighted by atomic mass is 10.1. The molecule has 1 heterocycles. The average molecular weight is 159 g/mol. The van der Waals surface area contributed by atoms with Gasteiger partial charge in [-0.2, -0.15) is 0 Å². The van der Waals surface area contributed by atoms with Gasteiger partial charge in [0.2, 0.25) is 0 Å². The lowest BCUT2D eigenvalue weighted by molar-refractivity contribution is -0.153. The van der Waals surface area contributed by atoms with Crippen molar-refractivity contribution in [1.29, 1.82) is 0 Å². The zero-order valence-electron chi connectivity index (χ0n) is 6.54. The van der Waals surface area contributed by atoms with Crippen molar-refractivity contribution in [3.8, 4) is 0 Å². The predicted octanol–water partition coefficient (Wildman–Crippen LogP) is -0.162. The summed E-state index contributed by atoms with van der Waals surface area (Å²) < 4.78 is 5.08. The number of carbonyl (C=O) groups is 1. The van der Waals surface area contributed by atoms with Crippen molar-refractivity contribution in [1.82, 2.24) is 5.32 Å². The van der Waals surface area contributed by atoms with Crippen molar-refractivity contribution in [2.24, 2.45) is 0 Å². The van der Waals surface area contributed by atoms with Crippen LogP contribution < -0.4 is 5.32 Å². The predicted molar refractivity (Wildman–Crippen MR) is 39.5 cm³/mol. The molecule has 0 aromatic carbocycles. The van der Waals surface area contributed by atoms with E-state index in [2.05, 4.69) is 5.32 Å². The van der Waals surface area contributed by atoms with E-state index in [1.807, 2.05) is 7.05 Å². The maximum atomic E-state index is 10.4. The van der Waals surface area contributed by atoms with Crippen LogP contribution in [-0.2, 0) is 9.53 Å². The Balaban J connectivity index is 2.30. The minimum absolute atomic E-state index is 0.325. The van der Waals surface area contributed by atoms with E-state index in [1.54, 1.807) is 0 Å². The second-order valence-corrected chi connectivity index (χ2v) is 2.72. The number of carboxylic acids is 1. The van der Waals surface area contributed by atoms with Crippen LogP contribution in [0.1, 0.15) is 12.8 Å². The fourth-order valence-corrected chi connectivity index (χ4v) is 1.17. The molecular formula is C7H13NO3. The van der Waals surface area contributed by atoms with Crippen LogP contribution in [0.2, 0.25) is 0 Å². The number of hydrogen-bond acceptors (Lipinski definition) is 3. The fourth-order valence-electron chi connectivity index (χ4n) is 1.17. The minimum Gasteiger partial charge on any atom is -0.479 e. The lowest BCUT2D eigenvalue weighted by Crippen LogP contribution is -2.40. The van der Waals surface area contributed by atoms with E-state index in [-0.39, 0.29) is 0 Å². The summed E-state index contributed by atoms with van der Waals surface area (Å²) in [5.74, 6) is -0.848. The Morgan fingerprint density at radius 2 is 2.36 bits per heavy atom. The Morgan fingerprint density at radius 1 is 1.64 bits per heavy atom.